The highest BCUT2D eigenvalue weighted by Gasteiger charge is 2.11. The fourth-order valence-electron chi connectivity index (χ4n) is 1.50. The second-order valence-corrected chi connectivity index (χ2v) is 4.25. The molecule has 0 saturated carbocycles. The van der Waals surface area contributed by atoms with Crippen LogP contribution < -0.4 is 4.74 Å². The third-order valence-corrected chi connectivity index (χ3v) is 2.78. The number of ether oxygens (including phenoxy) is 1. The molecular formula is C13H8ClF2NO3. The Bertz CT molecular complexity index is 632. The largest absolute Gasteiger partial charge is 0.456 e. The van der Waals surface area contributed by atoms with Gasteiger partial charge in [-0.15, -0.1) is 0 Å². The molecule has 7 heteroatoms. The number of nitro groups is 1. The van der Waals surface area contributed by atoms with E-state index < -0.39 is 11.3 Å². The molecule has 0 N–H and O–H groups in total. The molecule has 0 unspecified atom stereocenters. The molecule has 20 heavy (non-hydrogen) atoms. The van der Waals surface area contributed by atoms with E-state index in [0.29, 0.717) is 5.75 Å². The Morgan fingerprint density at radius 1 is 1.15 bits per heavy atom. The van der Waals surface area contributed by atoms with Crippen LogP contribution in [-0.2, 0) is 0 Å². The minimum absolute atomic E-state index is 0.0427. The van der Waals surface area contributed by atoms with Gasteiger partial charge >= 0.3 is 0 Å². The summed E-state index contributed by atoms with van der Waals surface area (Å²) >= 11 is 5.84. The van der Waals surface area contributed by atoms with E-state index in [0.717, 1.165) is 6.07 Å². The Labute approximate surface area is 117 Å². The first-order valence-electron chi connectivity index (χ1n) is 5.47. The van der Waals surface area contributed by atoms with E-state index >= 15 is 0 Å². The third-order valence-electron chi connectivity index (χ3n) is 2.48. The van der Waals surface area contributed by atoms with Gasteiger partial charge in [0, 0.05) is 17.7 Å². The number of non-ortho nitro benzene ring substituents is 1. The molecular weight excluding hydrogens is 292 g/mol. The van der Waals surface area contributed by atoms with Gasteiger partial charge in [0.15, 0.2) is 0 Å². The lowest BCUT2D eigenvalue weighted by Crippen LogP contribution is -1.90. The molecule has 0 saturated heterocycles. The summed E-state index contributed by atoms with van der Waals surface area (Å²) in [5.41, 5.74) is -0.275. The number of alkyl halides is 2. The van der Waals surface area contributed by atoms with Gasteiger partial charge in [0.25, 0.3) is 12.1 Å². The average molecular weight is 300 g/mol. The van der Waals surface area contributed by atoms with Gasteiger partial charge in [0.05, 0.1) is 9.95 Å². The second kappa shape index (κ2) is 5.83. The topological polar surface area (TPSA) is 52.4 Å². The smallest absolute Gasteiger partial charge is 0.269 e. The predicted octanol–water partition coefficient (Wildman–Crippen LogP) is 4.98. The summed E-state index contributed by atoms with van der Waals surface area (Å²) in [6.07, 6.45) is -2.61. The molecule has 0 aliphatic rings. The Hall–Kier alpha value is -2.21. The van der Waals surface area contributed by atoms with Crippen LogP contribution in [0.15, 0.2) is 42.5 Å². The fourth-order valence-corrected chi connectivity index (χ4v) is 1.73. The molecule has 0 heterocycles. The van der Waals surface area contributed by atoms with Crippen molar-refractivity contribution in [2.45, 2.75) is 6.43 Å². The molecule has 0 fully saturated rings. The van der Waals surface area contributed by atoms with E-state index in [4.69, 9.17) is 16.3 Å². The second-order valence-electron chi connectivity index (χ2n) is 3.84. The van der Waals surface area contributed by atoms with Crippen LogP contribution in [0.25, 0.3) is 0 Å². The van der Waals surface area contributed by atoms with E-state index in [1.165, 1.54) is 36.4 Å². The first-order chi connectivity index (χ1) is 9.47. The average Bonchev–Trinajstić information content (AvgIpc) is 2.41. The van der Waals surface area contributed by atoms with Crippen LogP contribution in [0, 0.1) is 10.1 Å². The van der Waals surface area contributed by atoms with Gasteiger partial charge in [-0.3, -0.25) is 10.1 Å². The van der Waals surface area contributed by atoms with Crippen LogP contribution in [0.1, 0.15) is 12.0 Å². The lowest BCUT2D eigenvalue weighted by Gasteiger charge is -2.08. The van der Waals surface area contributed by atoms with E-state index in [2.05, 4.69) is 0 Å². The van der Waals surface area contributed by atoms with Crippen molar-refractivity contribution in [3.05, 3.63) is 63.2 Å². The lowest BCUT2D eigenvalue weighted by atomic mass is 10.2. The number of benzene rings is 2. The molecule has 0 aliphatic heterocycles. The summed E-state index contributed by atoms with van der Waals surface area (Å²) in [6, 6.07) is 8.99. The molecule has 2 aromatic carbocycles. The van der Waals surface area contributed by atoms with Crippen LogP contribution >= 0.6 is 11.6 Å². The molecule has 4 nitrogen and oxygen atoms in total. The van der Waals surface area contributed by atoms with Gasteiger partial charge in [0.2, 0.25) is 0 Å². The van der Waals surface area contributed by atoms with E-state index in [1.54, 1.807) is 0 Å². The van der Waals surface area contributed by atoms with Crippen molar-refractivity contribution in [1.29, 1.82) is 0 Å². The highest BCUT2D eigenvalue weighted by atomic mass is 35.5. The number of hydrogen-bond donors (Lipinski definition) is 0. The van der Waals surface area contributed by atoms with Crippen LogP contribution in [0.4, 0.5) is 14.5 Å². The molecule has 2 aromatic rings. The zero-order valence-electron chi connectivity index (χ0n) is 9.92. The van der Waals surface area contributed by atoms with E-state index in [-0.39, 0.29) is 22.0 Å². The number of nitrogens with zero attached hydrogens (tertiary/aromatic N) is 1. The van der Waals surface area contributed by atoms with Crippen LogP contribution in [0.3, 0.4) is 0 Å². The van der Waals surface area contributed by atoms with Crippen molar-refractivity contribution in [2.75, 3.05) is 0 Å². The number of hydrogen-bond acceptors (Lipinski definition) is 3. The monoisotopic (exact) mass is 299 g/mol. The highest BCUT2D eigenvalue weighted by Crippen LogP contribution is 2.33. The summed E-state index contributed by atoms with van der Waals surface area (Å²) in [5.74, 6) is 0.521. The minimum Gasteiger partial charge on any atom is -0.456 e. The zero-order valence-corrected chi connectivity index (χ0v) is 10.7. The molecule has 0 atom stereocenters. The maximum atomic E-state index is 12.5. The van der Waals surface area contributed by atoms with Crippen molar-refractivity contribution < 1.29 is 18.4 Å². The highest BCUT2D eigenvalue weighted by molar-refractivity contribution is 6.32. The zero-order chi connectivity index (χ0) is 14.7. The third kappa shape index (κ3) is 3.21. The van der Waals surface area contributed by atoms with Gasteiger partial charge in [-0.05, 0) is 30.3 Å². The summed E-state index contributed by atoms with van der Waals surface area (Å²) in [7, 11) is 0. The number of rotatable bonds is 4. The first-order valence-corrected chi connectivity index (χ1v) is 5.85. The van der Waals surface area contributed by atoms with E-state index in [9.17, 15) is 18.9 Å². The molecule has 104 valence electrons. The maximum Gasteiger partial charge on any atom is 0.269 e. The molecule has 0 bridgehead atoms. The molecule has 0 aromatic heterocycles. The molecule has 0 spiro atoms. The van der Waals surface area contributed by atoms with Crippen LogP contribution in [-0.4, -0.2) is 4.92 Å². The fraction of sp³-hybridized carbons (Fsp3) is 0.0769. The van der Waals surface area contributed by atoms with Gasteiger partial charge < -0.3 is 4.74 Å². The summed E-state index contributed by atoms with van der Waals surface area (Å²) in [6.45, 7) is 0. The van der Waals surface area contributed by atoms with Crippen molar-refractivity contribution in [3.8, 4) is 11.5 Å². The quantitative estimate of drug-likeness (QED) is 0.591. The van der Waals surface area contributed by atoms with Crippen molar-refractivity contribution in [2.24, 2.45) is 0 Å². The van der Waals surface area contributed by atoms with Gasteiger partial charge in [-0.1, -0.05) is 11.6 Å². The molecule has 0 aliphatic carbocycles. The normalized spacial score (nSPS) is 10.6. The molecule has 2 rings (SSSR count). The summed E-state index contributed by atoms with van der Waals surface area (Å²) in [4.78, 5) is 9.97. The first kappa shape index (κ1) is 14.2. The SMILES string of the molecule is O=[N+]([O-])c1ccc(Oc2ccc(C(F)F)cc2Cl)cc1. The Morgan fingerprint density at radius 3 is 2.30 bits per heavy atom. The number of nitro benzene ring substituents is 1. The summed E-state index contributed by atoms with van der Waals surface area (Å²) in [5, 5.41) is 10.5. The van der Waals surface area contributed by atoms with Crippen LogP contribution in [0.2, 0.25) is 5.02 Å². The van der Waals surface area contributed by atoms with Crippen molar-refractivity contribution >= 4 is 17.3 Å². The number of halogens is 3. The summed E-state index contributed by atoms with van der Waals surface area (Å²) < 4.78 is 30.3. The van der Waals surface area contributed by atoms with Crippen molar-refractivity contribution in [1.82, 2.24) is 0 Å². The molecule has 0 amide bonds. The standard InChI is InChI=1S/C13H8ClF2NO3/c14-11-7-8(13(15)16)1-6-12(11)20-10-4-2-9(3-5-10)17(18)19/h1-7,13H. The minimum atomic E-state index is -2.61. The van der Waals surface area contributed by atoms with Crippen LogP contribution in [0.5, 0.6) is 11.5 Å². The Balaban J connectivity index is 2.19. The van der Waals surface area contributed by atoms with E-state index in [1.807, 2.05) is 0 Å². The van der Waals surface area contributed by atoms with Gasteiger partial charge in [-0.2, -0.15) is 0 Å². The Morgan fingerprint density at radius 2 is 1.80 bits per heavy atom. The lowest BCUT2D eigenvalue weighted by molar-refractivity contribution is -0.384. The Kier molecular flexibility index (Phi) is 4.14. The predicted molar refractivity (Wildman–Crippen MR) is 69.6 cm³/mol. The van der Waals surface area contributed by atoms with Gasteiger partial charge in [-0.25, -0.2) is 8.78 Å². The van der Waals surface area contributed by atoms with Gasteiger partial charge in [0.1, 0.15) is 11.5 Å². The van der Waals surface area contributed by atoms with Crippen molar-refractivity contribution in [3.63, 3.8) is 0 Å². The maximum absolute atomic E-state index is 12.5. The molecule has 0 radical (unpaired) electrons.